The molecule has 4 heteroatoms. The third-order valence-electron chi connectivity index (χ3n) is 4.20. The normalized spacial score (nSPS) is 13.0. The number of hydrogen-bond acceptors (Lipinski definition) is 3. The van der Waals surface area contributed by atoms with Gasteiger partial charge in [-0.1, -0.05) is 25.1 Å². The molecule has 0 spiro atoms. The number of aromatic nitrogens is 2. The lowest BCUT2D eigenvalue weighted by Crippen LogP contribution is -2.24. The third-order valence-corrected chi connectivity index (χ3v) is 4.20. The van der Waals surface area contributed by atoms with Crippen molar-refractivity contribution < 1.29 is 9.53 Å². The van der Waals surface area contributed by atoms with E-state index in [1.54, 1.807) is 6.20 Å². The Bertz CT molecular complexity index is 696. The predicted octanol–water partition coefficient (Wildman–Crippen LogP) is 4.20. The fourth-order valence-electron chi connectivity index (χ4n) is 2.54. The highest BCUT2D eigenvalue weighted by Crippen LogP contribution is 2.27. The first kappa shape index (κ1) is 17.3. The molecule has 0 fully saturated rings. The van der Waals surface area contributed by atoms with E-state index >= 15 is 0 Å². The second-order valence-electron chi connectivity index (χ2n) is 7.08. The van der Waals surface area contributed by atoms with Gasteiger partial charge in [0.05, 0.1) is 5.41 Å². The van der Waals surface area contributed by atoms with E-state index < -0.39 is 5.41 Å². The Balaban J connectivity index is 2.20. The highest BCUT2D eigenvalue weighted by Gasteiger charge is 2.24. The molecule has 23 heavy (non-hydrogen) atoms. The molecule has 0 amide bonds. The number of carbonyl (C=O) groups excluding carboxylic acids is 1. The van der Waals surface area contributed by atoms with Crippen LogP contribution < -0.4 is 0 Å². The average Bonchev–Trinajstić information content (AvgIpc) is 2.94. The summed E-state index contributed by atoms with van der Waals surface area (Å²) in [5, 5.41) is 0. The zero-order chi connectivity index (χ0) is 17.2. The minimum absolute atomic E-state index is 0.137. The van der Waals surface area contributed by atoms with Gasteiger partial charge in [-0.25, -0.2) is 4.98 Å². The molecule has 0 saturated carbocycles. The van der Waals surface area contributed by atoms with Crippen LogP contribution in [0.3, 0.4) is 0 Å². The zero-order valence-electron chi connectivity index (χ0n) is 14.9. The smallest absolute Gasteiger partial charge is 0.312 e. The van der Waals surface area contributed by atoms with E-state index in [4.69, 9.17) is 4.74 Å². The summed E-state index contributed by atoms with van der Waals surface area (Å²) in [6.45, 7) is 12.1. The first-order chi connectivity index (χ1) is 10.7. The van der Waals surface area contributed by atoms with Crippen molar-refractivity contribution in [3.05, 3.63) is 53.1 Å². The van der Waals surface area contributed by atoms with E-state index in [0.717, 1.165) is 5.82 Å². The quantitative estimate of drug-likeness (QED) is 0.794. The molecule has 0 unspecified atom stereocenters. The highest BCUT2D eigenvalue weighted by molar-refractivity contribution is 5.75. The second-order valence-corrected chi connectivity index (χ2v) is 7.08. The number of esters is 1. The number of imidazole rings is 1. The first-order valence-corrected chi connectivity index (χ1v) is 7.96. The van der Waals surface area contributed by atoms with Gasteiger partial charge in [0.25, 0.3) is 0 Å². The van der Waals surface area contributed by atoms with Gasteiger partial charge in [-0.2, -0.15) is 0 Å². The molecule has 0 radical (unpaired) electrons. The Morgan fingerprint density at radius 2 is 2.00 bits per heavy atom. The molecule has 1 heterocycles. The molecule has 0 aliphatic rings. The number of aryl methyl sites for hydroxylation is 1. The third kappa shape index (κ3) is 3.81. The van der Waals surface area contributed by atoms with Crippen molar-refractivity contribution in [1.82, 2.24) is 9.55 Å². The number of rotatable bonds is 4. The summed E-state index contributed by atoms with van der Waals surface area (Å²) in [7, 11) is 0. The predicted molar refractivity (Wildman–Crippen MR) is 91.2 cm³/mol. The molecule has 4 nitrogen and oxygen atoms in total. The Morgan fingerprint density at radius 3 is 2.65 bits per heavy atom. The van der Waals surface area contributed by atoms with Gasteiger partial charge >= 0.3 is 5.97 Å². The lowest BCUT2D eigenvalue weighted by atomic mass is 9.93. The largest absolute Gasteiger partial charge is 0.443 e. The Hall–Kier alpha value is -2.10. The fourth-order valence-corrected chi connectivity index (χ4v) is 2.54. The number of nitrogens with zero attached hydrogens (tertiary/aromatic N) is 2. The molecule has 0 saturated heterocycles. The Kier molecular flexibility index (Phi) is 4.93. The van der Waals surface area contributed by atoms with Crippen LogP contribution in [0.2, 0.25) is 0 Å². The molecule has 1 atom stereocenters. The van der Waals surface area contributed by atoms with Crippen LogP contribution in [-0.4, -0.2) is 15.5 Å². The van der Waals surface area contributed by atoms with Gasteiger partial charge in [-0.05, 0) is 51.3 Å². The van der Waals surface area contributed by atoms with E-state index in [1.165, 1.54) is 16.7 Å². The molecule has 0 aliphatic heterocycles. The standard InChI is InChI=1S/C19H26N2O2/c1-13-8-7-9-16(14(13)2)15(3)17-20-10-11-21(17)12-23-18(22)19(4,5)6/h7-11,15H,12H2,1-6H3/t15-/m0/s1. The summed E-state index contributed by atoms with van der Waals surface area (Å²) in [5.41, 5.74) is 3.30. The van der Waals surface area contributed by atoms with Crippen LogP contribution >= 0.6 is 0 Å². The summed E-state index contributed by atoms with van der Waals surface area (Å²) in [4.78, 5) is 16.4. The van der Waals surface area contributed by atoms with Crippen molar-refractivity contribution in [2.24, 2.45) is 5.41 Å². The SMILES string of the molecule is Cc1cccc([C@H](C)c2nccn2COC(=O)C(C)(C)C)c1C. The monoisotopic (exact) mass is 314 g/mol. The van der Waals surface area contributed by atoms with Crippen LogP contribution in [0.15, 0.2) is 30.6 Å². The van der Waals surface area contributed by atoms with Gasteiger partial charge in [0.15, 0.2) is 6.73 Å². The van der Waals surface area contributed by atoms with E-state index in [-0.39, 0.29) is 18.6 Å². The summed E-state index contributed by atoms with van der Waals surface area (Å²) < 4.78 is 7.31. The summed E-state index contributed by atoms with van der Waals surface area (Å²) >= 11 is 0. The zero-order valence-corrected chi connectivity index (χ0v) is 14.9. The number of benzene rings is 1. The lowest BCUT2D eigenvalue weighted by molar-refractivity contribution is -0.157. The molecular formula is C19H26N2O2. The lowest BCUT2D eigenvalue weighted by Gasteiger charge is -2.20. The van der Waals surface area contributed by atoms with Gasteiger partial charge in [-0.15, -0.1) is 0 Å². The van der Waals surface area contributed by atoms with Crippen molar-refractivity contribution in [1.29, 1.82) is 0 Å². The molecule has 0 N–H and O–H groups in total. The van der Waals surface area contributed by atoms with Gasteiger partial charge in [-0.3, -0.25) is 4.79 Å². The van der Waals surface area contributed by atoms with Gasteiger partial charge in [0, 0.05) is 18.3 Å². The first-order valence-electron chi connectivity index (χ1n) is 7.96. The maximum atomic E-state index is 12.0. The molecule has 2 rings (SSSR count). The van der Waals surface area contributed by atoms with E-state index in [1.807, 2.05) is 31.5 Å². The topological polar surface area (TPSA) is 44.1 Å². The molecule has 1 aromatic carbocycles. The Morgan fingerprint density at radius 1 is 1.30 bits per heavy atom. The van der Waals surface area contributed by atoms with E-state index in [0.29, 0.717) is 0 Å². The number of carbonyl (C=O) groups is 1. The van der Waals surface area contributed by atoms with Crippen LogP contribution in [0.1, 0.15) is 56.1 Å². The maximum absolute atomic E-state index is 12.0. The van der Waals surface area contributed by atoms with Crippen molar-refractivity contribution in [2.75, 3.05) is 0 Å². The summed E-state index contributed by atoms with van der Waals surface area (Å²) in [6.07, 6.45) is 3.61. The van der Waals surface area contributed by atoms with Crippen LogP contribution in [0.25, 0.3) is 0 Å². The minimum atomic E-state index is -0.501. The van der Waals surface area contributed by atoms with Crippen LogP contribution in [-0.2, 0) is 16.3 Å². The minimum Gasteiger partial charge on any atom is -0.443 e. The maximum Gasteiger partial charge on any atom is 0.312 e. The van der Waals surface area contributed by atoms with Crippen molar-refractivity contribution in [3.8, 4) is 0 Å². The van der Waals surface area contributed by atoms with E-state index in [2.05, 4.69) is 44.0 Å². The van der Waals surface area contributed by atoms with Crippen LogP contribution in [0.5, 0.6) is 0 Å². The van der Waals surface area contributed by atoms with Gasteiger partial charge < -0.3 is 9.30 Å². The number of hydrogen-bond donors (Lipinski definition) is 0. The summed E-state index contributed by atoms with van der Waals surface area (Å²) in [5.74, 6) is 0.829. The van der Waals surface area contributed by atoms with Crippen LogP contribution in [0.4, 0.5) is 0 Å². The van der Waals surface area contributed by atoms with E-state index in [9.17, 15) is 4.79 Å². The van der Waals surface area contributed by atoms with Gasteiger partial charge in [0.1, 0.15) is 5.82 Å². The summed E-state index contributed by atoms with van der Waals surface area (Å²) in [6, 6.07) is 6.32. The molecule has 0 aliphatic carbocycles. The van der Waals surface area contributed by atoms with Crippen LogP contribution in [0, 0.1) is 19.3 Å². The Labute approximate surface area is 138 Å². The fraction of sp³-hybridized carbons (Fsp3) is 0.474. The molecular weight excluding hydrogens is 288 g/mol. The molecule has 1 aromatic heterocycles. The average molecular weight is 314 g/mol. The second kappa shape index (κ2) is 6.57. The molecule has 124 valence electrons. The molecule has 0 bridgehead atoms. The van der Waals surface area contributed by atoms with Crippen molar-refractivity contribution in [2.45, 2.75) is 54.2 Å². The highest BCUT2D eigenvalue weighted by atomic mass is 16.5. The van der Waals surface area contributed by atoms with Crippen molar-refractivity contribution >= 4 is 5.97 Å². The van der Waals surface area contributed by atoms with Gasteiger partial charge in [0.2, 0.25) is 0 Å². The number of ether oxygens (including phenoxy) is 1. The van der Waals surface area contributed by atoms with Crippen molar-refractivity contribution in [3.63, 3.8) is 0 Å². The molecule has 2 aromatic rings.